The van der Waals surface area contributed by atoms with E-state index >= 15 is 0 Å². The molecule has 3 rings (SSSR count). The third-order valence-electron chi connectivity index (χ3n) is 4.58. The van der Waals surface area contributed by atoms with Gasteiger partial charge in [-0.25, -0.2) is 5.43 Å². The predicted molar refractivity (Wildman–Crippen MR) is 122 cm³/mol. The van der Waals surface area contributed by atoms with E-state index in [1.54, 1.807) is 12.1 Å². The average molecular weight is 454 g/mol. The molecule has 0 fully saturated rings. The second kappa shape index (κ2) is 10.4. The number of nitro benzene ring substituents is 1. The fourth-order valence-electron chi connectivity index (χ4n) is 2.87. The third-order valence-corrected chi connectivity index (χ3v) is 4.86. The molecule has 0 saturated heterocycles. The minimum Gasteiger partial charge on any atom is -0.493 e. The quantitative estimate of drug-likeness (QED) is 0.296. The number of amides is 1. The molecule has 0 aliphatic heterocycles. The zero-order valence-electron chi connectivity index (χ0n) is 17.4. The lowest BCUT2D eigenvalue weighted by Crippen LogP contribution is -2.17. The van der Waals surface area contributed by atoms with Crippen molar-refractivity contribution in [2.24, 2.45) is 5.10 Å². The van der Waals surface area contributed by atoms with Crippen LogP contribution in [0.5, 0.6) is 11.5 Å². The first kappa shape index (κ1) is 22.8. The maximum absolute atomic E-state index is 12.2. The molecule has 0 saturated carbocycles. The maximum atomic E-state index is 12.2. The van der Waals surface area contributed by atoms with Crippen LogP contribution in [0.1, 0.15) is 27.0 Å². The second-order valence-corrected chi connectivity index (χ2v) is 7.16. The summed E-state index contributed by atoms with van der Waals surface area (Å²) in [6.07, 6.45) is 1.38. The molecule has 1 N–H and O–H groups in total. The van der Waals surface area contributed by atoms with Crippen LogP contribution in [0, 0.1) is 17.0 Å². The monoisotopic (exact) mass is 453 g/mol. The van der Waals surface area contributed by atoms with Crippen LogP contribution in [-0.4, -0.2) is 24.2 Å². The van der Waals surface area contributed by atoms with Gasteiger partial charge in [0.25, 0.3) is 11.6 Å². The Morgan fingerprint density at radius 2 is 1.97 bits per heavy atom. The van der Waals surface area contributed by atoms with Crippen molar-refractivity contribution in [3.63, 3.8) is 0 Å². The van der Waals surface area contributed by atoms with Gasteiger partial charge in [-0.3, -0.25) is 14.9 Å². The highest BCUT2D eigenvalue weighted by atomic mass is 35.5. The summed E-state index contributed by atoms with van der Waals surface area (Å²) in [7, 11) is 1.50. The smallest absolute Gasteiger partial charge is 0.271 e. The Kier molecular flexibility index (Phi) is 7.41. The summed E-state index contributed by atoms with van der Waals surface area (Å²) >= 11 is 6.39. The summed E-state index contributed by atoms with van der Waals surface area (Å²) in [5.41, 5.74) is 4.96. The van der Waals surface area contributed by atoms with Crippen LogP contribution < -0.4 is 14.9 Å². The number of ether oxygens (including phenoxy) is 2. The van der Waals surface area contributed by atoms with Gasteiger partial charge in [0.15, 0.2) is 11.5 Å². The molecule has 0 unspecified atom stereocenters. The topological polar surface area (TPSA) is 103 Å². The number of hydrogen-bond donors (Lipinski definition) is 1. The van der Waals surface area contributed by atoms with Crippen molar-refractivity contribution in [1.29, 1.82) is 0 Å². The van der Waals surface area contributed by atoms with E-state index in [1.165, 1.54) is 37.6 Å². The lowest BCUT2D eigenvalue weighted by atomic mass is 10.1. The maximum Gasteiger partial charge on any atom is 0.271 e. The normalized spacial score (nSPS) is 10.7. The summed E-state index contributed by atoms with van der Waals surface area (Å²) in [4.78, 5) is 22.5. The molecule has 0 atom stereocenters. The molecule has 0 spiro atoms. The van der Waals surface area contributed by atoms with Gasteiger partial charge in [-0.2, -0.15) is 5.10 Å². The summed E-state index contributed by atoms with van der Waals surface area (Å²) in [5.74, 6) is 0.231. The number of methoxy groups -OCH3 is 1. The third kappa shape index (κ3) is 5.61. The number of rotatable bonds is 8. The van der Waals surface area contributed by atoms with Crippen LogP contribution in [-0.2, 0) is 6.61 Å². The number of nitrogens with zero attached hydrogens (tertiary/aromatic N) is 2. The highest BCUT2D eigenvalue weighted by Gasteiger charge is 2.13. The molecule has 0 aromatic heterocycles. The zero-order chi connectivity index (χ0) is 23.1. The number of nitrogens with one attached hydrogen (secondary N) is 1. The van der Waals surface area contributed by atoms with Crippen molar-refractivity contribution < 1.29 is 19.2 Å². The molecule has 0 aliphatic carbocycles. The Morgan fingerprint density at radius 1 is 1.19 bits per heavy atom. The molecular weight excluding hydrogens is 434 g/mol. The summed E-state index contributed by atoms with van der Waals surface area (Å²) in [5, 5.41) is 15.1. The van der Waals surface area contributed by atoms with Gasteiger partial charge in [0.2, 0.25) is 0 Å². The highest BCUT2D eigenvalue weighted by Crippen LogP contribution is 2.36. The van der Waals surface area contributed by atoms with Crippen molar-refractivity contribution in [1.82, 2.24) is 5.43 Å². The molecule has 3 aromatic rings. The Bertz CT molecular complexity index is 1180. The first-order chi connectivity index (χ1) is 15.4. The van der Waals surface area contributed by atoms with Crippen molar-refractivity contribution in [3.05, 3.63) is 98.1 Å². The van der Waals surface area contributed by atoms with Crippen LogP contribution in [0.3, 0.4) is 0 Å². The van der Waals surface area contributed by atoms with Crippen LogP contribution in [0.15, 0.2) is 65.8 Å². The number of non-ortho nitro benzene ring substituents is 1. The van der Waals surface area contributed by atoms with Crippen molar-refractivity contribution in [2.75, 3.05) is 7.11 Å². The van der Waals surface area contributed by atoms with E-state index in [9.17, 15) is 14.9 Å². The van der Waals surface area contributed by atoms with Gasteiger partial charge in [-0.15, -0.1) is 0 Å². The number of aryl methyl sites for hydroxylation is 1. The van der Waals surface area contributed by atoms with Gasteiger partial charge in [-0.05, 0) is 41.8 Å². The lowest BCUT2D eigenvalue weighted by Gasteiger charge is -2.14. The minimum absolute atomic E-state index is 0.118. The molecule has 9 heteroatoms. The van der Waals surface area contributed by atoms with Gasteiger partial charge in [0.1, 0.15) is 6.61 Å². The molecule has 0 radical (unpaired) electrons. The molecule has 8 nitrogen and oxygen atoms in total. The molecule has 0 heterocycles. The van der Waals surface area contributed by atoms with Crippen LogP contribution in [0.4, 0.5) is 5.69 Å². The minimum atomic E-state index is -0.582. The van der Waals surface area contributed by atoms with Gasteiger partial charge in [0, 0.05) is 17.7 Å². The number of carbonyl (C=O) groups excluding carboxylic acids is 1. The molecule has 0 bridgehead atoms. The standard InChI is InChI=1S/C23H20ClN3O5/c1-15-6-3-4-7-18(15)14-32-22-20(24)10-16(11-21(22)31-2)13-25-26-23(28)17-8-5-9-19(12-17)27(29)30/h3-13H,14H2,1-2H3,(H,26,28)/b25-13-. The number of halogens is 1. The number of hydrogen-bond acceptors (Lipinski definition) is 6. The van der Waals surface area contributed by atoms with E-state index in [-0.39, 0.29) is 11.3 Å². The van der Waals surface area contributed by atoms with Gasteiger partial charge < -0.3 is 9.47 Å². The van der Waals surface area contributed by atoms with Crippen molar-refractivity contribution in [2.45, 2.75) is 13.5 Å². The number of benzene rings is 3. The van der Waals surface area contributed by atoms with Gasteiger partial charge >= 0.3 is 0 Å². The van der Waals surface area contributed by atoms with Crippen LogP contribution in [0.25, 0.3) is 0 Å². The van der Waals surface area contributed by atoms with Gasteiger partial charge in [-0.1, -0.05) is 41.9 Å². The molecule has 3 aromatic carbocycles. The Balaban J connectivity index is 1.70. The van der Waals surface area contributed by atoms with Crippen molar-refractivity contribution in [3.8, 4) is 11.5 Å². The Hall–Kier alpha value is -3.91. The average Bonchev–Trinajstić information content (AvgIpc) is 2.79. The lowest BCUT2D eigenvalue weighted by molar-refractivity contribution is -0.384. The van der Waals surface area contributed by atoms with E-state index in [4.69, 9.17) is 21.1 Å². The van der Waals surface area contributed by atoms with Crippen molar-refractivity contribution >= 4 is 29.4 Å². The van der Waals surface area contributed by atoms with E-state index in [0.29, 0.717) is 28.7 Å². The molecule has 0 aliphatic rings. The Labute approximate surface area is 189 Å². The number of hydrazone groups is 1. The van der Waals surface area contributed by atoms with E-state index in [1.807, 2.05) is 31.2 Å². The summed E-state index contributed by atoms with van der Waals surface area (Å²) < 4.78 is 11.3. The fourth-order valence-corrected chi connectivity index (χ4v) is 3.14. The largest absolute Gasteiger partial charge is 0.493 e. The zero-order valence-corrected chi connectivity index (χ0v) is 18.1. The summed E-state index contributed by atoms with van der Waals surface area (Å²) in [6, 6.07) is 16.5. The molecule has 32 heavy (non-hydrogen) atoms. The van der Waals surface area contributed by atoms with Crippen LogP contribution in [0.2, 0.25) is 5.02 Å². The number of nitro groups is 1. The molecular formula is C23H20ClN3O5. The Morgan fingerprint density at radius 3 is 2.69 bits per heavy atom. The molecule has 164 valence electrons. The van der Waals surface area contributed by atoms with E-state index in [2.05, 4.69) is 10.5 Å². The summed E-state index contributed by atoms with van der Waals surface area (Å²) in [6.45, 7) is 2.33. The van der Waals surface area contributed by atoms with Gasteiger partial charge in [0.05, 0.1) is 23.3 Å². The highest BCUT2D eigenvalue weighted by molar-refractivity contribution is 6.32. The van der Waals surface area contributed by atoms with E-state index < -0.39 is 10.8 Å². The SMILES string of the molecule is COc1cc(/C=N\NC(=O)c2cccc([N+](=O)[O-])c2)cc(Cl)c1OCc1ccccc1C. The predicted octanol–water partition coefficient (Wildman–Crippen LogP) is 4.91. The van der Waals surface area contributed by atoms with E-state index in [0.717, 1.165) is 11.1 Å². The van der Waals surface area contributed by atoms with Crippen LogP contribution >= 0.6 is 11.6 Å². The first-order valence-corrected chi connectivity index (χ1v) is 9.89. The second-order valence-electron chi connectivity index (χ2n) is 6.76. The first-order valence-electron chi connectivity index (χ1n) is 9.51. The molecule has 1 amide bonds. The fraction of sp³-hybridized carbons (Fsp3) is 0.130. The number of carbonyl (C=O) groups is 1.